The van der Waals surface area contributed by atoms with Gasteiger partial charge in [0, 0.05) is 18.8 Å². The number of ether oxygens (including phenoxy) is 1. The van der Waals surface area contributed by atoms with Crippen molar-refractivity contribution >= 4 is 11.6 Å². The van der Waals surface area contributed by atoms with Crippen molar-refractivity contribution < 1.29 is 9.66 Å². The first kappa shape index (κ1) is 13.4. The van der Waals surface area contributed by atoms with Gasteiger partial charge in [0.2, 0.25) is 0 Å². The normalized spacial score (nSPS) is 14.7. The summed E-state index contributed by atoms with van der Waals surface area (Å²) in [7, 11) is 1.61. The molecular weight excluding hydrogens is 268 g/mol. The van der Waals surface area contributed by atoms with Gasteiger partial charge in [0.15, 0.2) is 0 Å². The third kappa shape index (κ3) is 3.48. The quantitative estimate of drug-likeness (QED) is 0.628. The number of hydrogen-bond donors (Lipinski definition) is 0. The number of nitrogens with zero attached hydrogens (tertiary/aromatic N) is 2. The zero-order chi connectivity index (χ0) is 13.8. The molecule has 0 aromatic heterocycles. The fourth-order valence-corrected chi connectivity index (χ4v) is 2.11. The smallest absolute Gasteiger partial charge is 0.266 e. The number of halogens is 1. The minimum atomic E-state index is -0.406. The summed E-state index contributed by atoms with van der Waals surface area (Å²) < 4.78 is 5.08. The van der Waals surface area contributed by atoms with Crippen molar-refractivity contribution in [2.24, 2.45) is 0 Å². The summed E-state index contributed by atoms with van der Waals surface area (Å²) in [5.74, 6) is 0.779. The maximum absolute atomic E-state index is 10.8. The lowest BCUT2D eigenvalue weighted by molar-refractivity contribution is -0.428. The highest BCUT2D eigenvalue weighted by Crippen LogP contribution is 2.20. The van der Waals surface area contributed by atoms with Crippen LogP contribution in [0.2, 0.25) is 0 Å². The topological polar surface area (TPSA) is 55.6 Å². The van der Waals surface area contributed by atoms with Crippen LogP contribution in [-0.2, 0) is 6.54 Å². The van der Waals surface area contributed by atoms with Crippen LogP contribution in [0.5, 0.6) is 5.75 Å². The number of hydrogen-bond acceptors (Lipinski definition) is 4. The molecule has 2 rings (SSSR count). The van der Waals surface area contributed by atoms with Crippen LogP contribution >= 0.6 is 11.6 Å². The van der Waals surface area contributed by atoms with Crippen LogP contribution in [0.4, 0.5) is 0 Å². The van der Waals surface area contributed by atoms with E-state index in [2.05, 4.69) is 0 Å². The average Bonchev–Trinajstić information content (AvgIpc) is 2.39. The standard InChI is InChI=1S/C13H13ClN2O3/c1-19-13-4-2-10(3-5-13)7-15-8-11(14)6-12(9-15)16(17)18/h2-6,8H,7,9H2,1H3. The summed E-state index contributed by atoms with van der Waals surface area (Å²) in [4.78, 5) is 12.2. The molecule has 0 radical (unpaired) electrons. The molecule has 100 valence electrons. The van der Waals surface area contributed by atoms with E-state index in [1.807, 2.05) is 29.2 Å². The number of benzene rings is 1. The lowest BCUT2D eigenvalue weighted by atomic mass is 10.2. The molecule has 1 aromatic rings. The number of methoxy groups -OCH3 is 1. The van der Waals surface area contributed by atoms with E-state index in [0.717, 1.165) is 11.3 Å². The molecule has 0 N–H and O–H groups in total. The van der Waals surface area contributed by atoms with Gasteiger partial charge in [0.1, 0.15) is 12.3 Å². The highest BCUT2D eigenvalue weighted by Gasteiger charge is 2.19. The largest absolute Gasteiger partial charge is 0.497 e. The Labute approximate surface area is 115 Å². The van der Waals surface area contributed by atoms with Crippen LogP contribution in [0.25, 0.3) is 0 Å². The molecule has 0 fully saturated rings. The molecule has 0 spiro atoms. The highest BCUT2D eigenvalue weighted by molar-refractivity contribution is 6.31. The second-order valence-electron chi connectivity index (χ2n) is 4.16. The zero-order valence-electron chi connectivity index (χ0n) is 10.4. The van der Waals surface area contributed by atoms with Crippen LogP contribution in [0.15, 0.2) is 47.3 Å². The third-order valence-electron chi connectivity index (χ3n) is 2.75. The van der Waals surface area contributed by atoms with E-state index in [9.17, 15) is 10.1 Å². The minimum absolute atomic E-state index is 0.0982. The van der Waals surface area contributed by atoms with Crippen molar-refractivity contribution in [3.05, 3.63) is 62.9 Å². The fourth-order valence-electron chi connectivity index (χ4n) is 1.85. The molecule has 1 heterocycles. The van der Waals surface area contributed by atoms with Crippen LogP contribution in [-0.4, -0.2) is 23.5 Å². The summed E-state index contributed by atoms with van der Waals surface area (Å²) in [5, 5.41) is 11.2. The Hall–Kier alpha value is -2.01. The van der Waals surface area contributed by atoms with Gasteiger partial charge in [-0.2, -0.15) is 0 Å². The van der Waals surface area contributed by atoms with Gasteiger partial charge >= 0.3 is 0 Å². The molecule has 0 unspecified atom stereocenters. The molecule has 0 aliphatic carbocycles. The Morgan fingerprint density at radius 2 is 2.11 bits per heavy atom. The minimum Gasteiger partial charge on any atom is -0.497 e. The predicted molar refractivity (Wildman–Crippen MR) is 72.4 cm³/mol. The van der Waals surface area contributed by atoms with Crippen molar-refractivity contribution in [3.8, 4) is 5.75 Å². The molecule has 19 heavy (non-hydrogen) atoms. The van der Waals surface area contributed by atoms with Gasteiger partial charge in [-0.25, -0.2) is 0 Å². The van der Waals surface area contributed by atoms with Crippen molar-refractivity contribution in [3.63, 3.8) is 0 Å². The number of allylic oxidation sites excluding steroid dienone is 2. The summed E-state index contributed by atoms with van der Waals surface area (Å²) >= 11 is 5.88. The van der Waals surface area contributed by atoms with E-state index >= 15 is 0 Å². The maximum atomic E-state index is 10.8. The van der Waals surface area contributed by atoms with Gasteiger partial charge in [-0.1, -0.05) is 23.7 Å². The molecular formula is C13H13ClN2O3. The van der Waals surface area contributed by atoms with Gasteiger partial charge in [-0.3, -0.25) is 10.1 Å². The Morgan fingerprint density at radius 1 is 1.42 bits per heavy atom. The zero-order valence-corrected chi connectivity index (χ0v) is 11.1. The molecule has 5 nitrogen and oxygen atoms in total. The van der Waals surface area contributed by atoms with Gasteiger partial charge in [-0.15, -0.1) is 0 Å². The first-order valence-corrected chi connectivity index (χ1v) is 6.05. The Morgan fingerprint density at radius 3 is 2.68 bits per heavy atom. The monoisotopic (exact) mass is 280 g/mol. The van der Waals surface area contributed by atoms with Gasteiger partial charge in [0.05, 0.1) is 17.1 Å². The first-order chi connectivity index (χ1) is 9.08. The molecule has 0 atom stereocenters. The van der Waals surface area contributed by atoms with Crippen LogP contribution in [0, 0.1) is 10.1 Å². The molecule has 0 saturated carbocycles. The van der Waals surface area contributed by atoms with Crippen molar-refractivity contribution in [2.75, 3.05) is 13.7 Å². The third-order valence-corrected chi connectivity index (χ3v) is 2.96. The van der Waals surface area contributed by atoms with Crippen molar-refractivity contribution in [1.82, 2.24) is 4.90 Å². The lowest BCUT2D eigenvalue weighted by Gasteiger charge is -2.22. The SMILES string of the molecule is COc1ccc(CN2C=C(Cl)C=C([N+](=O)[O-])C2)cc1. The van der Waals surface area contributed by atoms with E-state index in [1.165, 1.54) is 6.08 Å². The molecule has 6 heteroatoms. The van der Waals surface area contributed by atoms with Crippen molar-refractivity contribution in [2.45, 2.75) is 6.54 Å². The predicted octanol–water partition coefficient (Wildman–Crippen LogP) is 2.75. The first-order valence-electron chi connectivity index (χ1n) is 5.68. The Bertz CT molecular complexity index is 537. The van der Waals surface area contributed by atoms with Crippen LogP contribution in [0.3, 0.4) is 0 Å². The van der Waals surface area contributed by atoms with Crippen LogP contribution < -0.4 is 4.74 Å². The van der Waals surface area contributed by atoms with E-state index < -0.39 is 4.92 Å². The van der Waals surface area contributed by atoms with E-state index in [-0.39, 0.29) is 12.2 Å². The summed E-state index contributed by atoms with van der Waals surface area (Å²) in [5.41, 5.74) is 1.13. The van der Waals surface area contributed by atoms with Gasteiger partial charge in [-0.05, 0) is 17.7 Å². The molecule has 0 saturated heterocycles. The summed E-state index contributed by atoms with van der Waals surface area (Å²) in [6.45, 7) is 0.806. The highest BCUT2D eigenvalue weighted by atomic mass is 35.5. The molecule has 1 aliphatic heterocycles. The Kier molecular flexibility index (Phi) is 4.06. The summed E-state index contributed by atoms with van der Waals surface area (Å²) in [6, 6.07) is 7.55. The van der Waals surface area contributed by atoms with Crippen molar-refractivity contribution in [1.29, 1.82) is 0 Å². The van der Waals surface area contributed by atoms with E-state index in [1.54, 1.807) is 13.3 Å². The fraction of sp³-hybridized carbons (Fsp3) is 0.231. The van der Waals surface area contributed by atoms with E-state index in [0.29, 0.717) is 11.6 Å². The maximum Gasteiger partial charge on any atom is 0.266 e. The van der Waals surface area contributed by atoms with Gasteiger partial charge < -0.3 is 9.64 Å². The average molecular weight is 281 g/mol. The second-order valence-corrected chi connectivity index (χ2v) is 4.60. The van der Waals surface area contributed by atoms with Crippen LogP contribution in [0.1, 0.15) is 5.56 Å². The molecule has 1 aromatic carbocycles. The second kappa shape index (κ2) is 5.75. The lowest BCUT2D eigenvalue weighted by Crippen LogP contribution is -2.25. The molecule has 0 bridgehead atoms. The molecule has 1 aliphatic rings. The number of rotatable bonds is 4. The van der Waals surface area contributed by atoms with Gasteiger partial charge in [0.25, 0.3) is 5.70 Å². The summed E-state index contributed by atoms with van der Waals surface area (Å²) in [6.07, 6.45) is 3.09. The Balaban J connectivity index is 2.07. The van der Waals surface area contributed by atoms with E-state index in [4.69, 9.17) is 16.3 Å². The molecule has 0 amide bonds. The number of nitro groups is 1.